The fourth-order valence-electron chi connectivity index (χ4n) is 2.15. The number of rotatable bonds is 16. The molecule has 0 bridgehead atoms. The van der Waals surface area contributed by atoms with Crippen molar-refractivity contribution >= 4 is 0 Å². The lowest BCUT2D eigenvalue weighted by molar-refractivity contribution is 0.204. The maximum Gasteiger partial charge on any atom is 0.0891 e. The average Bonchev–Trinajstić information content (AvgIpc) is 2.59. The van der Waals surface area contributed by atoms with Crippen LogP contribution in [0, 0.1) is 0 Å². The minimum atomic E-state index is 0.789. The first-order valence-corrected chi connectivity index (χ1v) is 9.71. The zero-order chi connectivity index (χ0) is 17.7. The molecular formula is C23H38O. The third kappa shape index (κ3) is 18.5. The molecule has 0 heterocycles. The topological polar surface area (TPSA) is 9.23 Å². The minimum Gasteiger partial charge on any atom is -0.499 e. The fourth-order valence-corrected chi connectivity index (χ4v) is 2.15. The van der Waals surface area contributed by atoms with Gasteiger partial charge < -0.3 is 4.74 Å². The van der Waals surface area contributed by atoms with Gasteiger partial charge in [-0.25, -0.2) is 0 Å². The number of hydrogen-bond acceptors (Lipinski definition) is 1. The van der Waals surface area contributed by atoms with Crippen molar-refractivity contribution in [3.63, 3.8) is 0 Å². The van der Waals surface area contributed by atoms with Crippen molar-refractivity contribution in [2.75, 3.05) is 6.61 Å². The van der Waals surface area contributed by atoms with E-state index in [4.69, 9.17) is 4.74 Å². The first kappa shape index (κ1) is 22.5. The summed E-state index contributed by atoms with van der Waals surface area (Å²) in [6.45, 7) is 8.99. The molecule has 0 rings (SSSR count). The molecule has 0 spiro atoms. The summed E-state index contributed by atoms with van der Waals surface area (Å²) < 4.78 is 5.47. The molecule has 0 radical (unpaired) electrons. The number of ether oxygens (including phenoxy) is 1. The van der Waals surface area contributed by atoms with Crippen molar-refractivity contribution in [3.05, 3.63) is 60.9 Å². The molecule has 0 aromatic heterocycles. The van der Waals surface area contributed by atoms with E-state index in [2.05, 4.69) is 69.0 Å². The summed E-state index contributed by atoms with van der Waals surface area (Å²) in [5.41, 5.74) is 0. The lowest BCUT2D eigenvalue weighted by atomic mass is 10.1. The molecule has 0 unspecified atom stereocenters. The van der Waals surface area contributed by atoms with Gasteiger partial charge in [0, 0.05) is 6.42 Å². The second-order valence-electron chi connectivity index (χ2n) is 5.98. The molecule has 0 aliphatic carbocycles. The zero-order valence-electron chi connectivity index (χ0n) is 16.0. The Morgan fingerprint density at radius 3 is 1.83 bits per heavy atom. The first-order valence-electron chi connectivity index (χ1n) is 9.71. The van der Waals surface area contributed by atoms with E-state index in [0.717, 1.165) is 50.9 Å². The minimum absolute atomic E-state index is 0.789. The molecular weight excluding hydrogens is 292 g/mol. The highest BCUT2D eigenvalue weighted by Gasteiger charge is 1.91. The molecule has 0 aromatic rings. The van der Waals surface area contributed by atoms with Crippen LogP contribution in [-0.2, 0) is 4.74 Å². The highest BCUT2D eigenvalue weighted by atomic mass is 16.5. The van der Waals surface area contributed by atoms with Crippen LogP contribution >= 0.6 is 0 Å². The zero-order valence-corrected chi connectivity index (χ0v) is 16.0. The quantitative estimate of drug-likeness (QED) is 0.160. The van der Waals surface area contributed by atoms with Crippen LogP contribution in [0.4, 0.5) is 0 Å². The van der Waals surface area contributed by atoms with E-state index in [9.17, 15) is 0 Å². The smallest absolute Gasteiger partial charge is 0.0891 e. The molecule has 1 nitrogen and oxygen atoms in total. The van der Waals surface area contributed by atoms with Crippen LogP contribution in [0.25, 0.3) is 0 Å². The molecule has 0 N–H and O–H groups in total. The van der Waals surface area contributed by atoms with Gasteiger partial charge in [0.15, 0.2) is 0 Å². The predicted molar refractivity (Wildman–Crippen MR) is 109 cm³/mol. The van der Waals surface area contributed by atoms with E-state index in [1.807, 2.05) is 0 Å². The van der Waals surface area contributed by atoms with Crippen LogP contribution in [0.5, 0.6) is 0 Å². The maximum atomic E-state index is 5.47. The van der Waals surface area contributed by atoms with Gasteiger partial charge in [-0.05, 0) is 57.8 Å². The molecule has 0 aromatic carbocycles. The van der Waals surface area contributed by atoms with Gasteiger partial charge in [-0.3, -0.25) is 0 Å². The maximum absolute atomic E-state index is 5.47. The first-order chi connectivity index (χ1) is 11.8. The summed E-state index contributed by atoms with van der Waals surface area (Å²) in [5.74, 6) is 0.910. The molecule has 0 aliphatic heterocycles. The summed E-state index contributed by atoms with van der Waals surface area (Å²) in [6, 6.07) is 0. The summed E-state index contributed by atoms with van der Waals surface area (Å²) in [4.78, 5) is 0. The lowest BCUT2D eigenvalue weighted by Crippen LogP contribution is -1.91. The van der Waals surface area contributed by atoms with Gasteiger partial charge in [0.05, 0.1) is 12.4 Å². The molecule has 136 valence electrons. The van der Waals surface area contributed by atoms with E-state index in [1.54, 1.807) is 0 Å². The largest absolute Gasteiger partial charge is 0.499 e. The normalized spacial score (nSPS) is 12.2. The molecule has 0 fully saturated rings. The Kier molecular flexibility index (Phi) is 18.3. The van der Waals surface area contributed by atoms with Crippen molar-refractivity contribution < 1.29 is 4.74 Å². The van der Waals surface area contributed by atoms with Crippen molar-refractivity contribution in [3.8, 4) is 0 Å². The highest BCUT2D eigenvalue weighted by molar-refractivity contribution is 4.95. The number of allylic oxidation sites excluding steroid dienone is 9. The van der Waals surface area contributed by atoms with Crippen LogP contribution < -0.4 is 0 Å². The average molecular weight is 331 g/mol. The standard InChI is InChI=1S/C23H38O/c1-4-6-7-8-9-10-11-12-13-14-15-16-17-18-19-20-21-23(3)24-22-5-2/h6-7,9-10,15-16,18-19H,3-5,8,11-14,17,20-22H2,1-2H3/b7-6-,10-9-,16-15-,19-18-. The van der Waals surface area contributed by atoms with E-state index < -0.39 is 0 Å². The Morgan fingerprint density at radius 1 is 0.750 bits per heavy atom. The van der Waals surface area contributed by atoms with E-state index in [0.29, 0.717) is 0 Å². The third-order valence-electron chi connectivity index (χ3n) is 3.54. The SMILES string of the molecule is C=C(CC/C=C\C/C=C\CCCC/C=C\C/C=C\CC)OCCC. The summed E-state index contributed by atoms with van der Waals surface area (Å²) in [6.07, 6.45) is 29.3. The van der Waals surface area contributed by atoms with E-state index in [1.165, 1.54) is 25.7 Å². The van der Waals surface area contributed by atoms with Gasteiger partial charge in [-0.15, -0.1) is 0 Å². The van der Waals surface area contributed by atoms with Crippen molar-refractivity contribution in [1.29, 1.82) is 0 Å². The highest BCUT2D eigenvalue weighted by Crippen LogP contribution is 2.06. The van der Waals surface area contributed by atoms with Crippen molar-refractivity contribution in [2.45, 2.75) is 78.1 Å². The van der Waals surface area contributed by atoms with Gasteiger partial charge in [0.1, 0.15) is 0 Å². The molecule has 24 heavy (non-hydrogen) atoms. The predicted octanol–water partition coefficient (Wildman–Crippen LogP) is 7.68. The second-order valence-corrected chi connectivity index (χ2v) is 5.98. The lowest BCUT2D eigenvalue weighted by Gasteiger charge is -2.05. The van der Waals surface area contributed by atoms with Gasteiger partial charge in [-0.1, -0.05) is 69.0 Å². The monoisotopic (exact) mass is 330 g/mol. The van der Waals surface area contributed by atoms with E-state index in [-0.39, 0.29) is 0 Å². The summed E-state index contributed by atoms with van der Waals surface area (Å²) >= 11 is 0. The molecule has 0 saturated carbocycles. The van der Waals surface area contributed by atoms with Gasteiger partial charge in [0.2, 0.25) is 0 Å². The molecule has 0 saturated heterocycles. The van der Waals surface area contributed by atoms with Gasteiger partial charge in [-0.2, -0.15) is 0 Å². The Balaban J connectivity index is 3.39. The molecule has 0 atom stereocenters. The van der Waals surface area contributed by atoms with Crippen LogP contribution in [0.3, 0.4) is 0 Å². The van der Waals surface area contributed by atoms with Crippen molar-refractivity contribution in [1.82, 2.24) is 0 Å². The molecule has 0 aliphatic rings. The summed E-state index contributed by atoms with van der Waals surface area (Å²) in [7, 11) is 0. The molecule has 1 heteroatoms. The third-order valence-corrected chi connectivity index (χ3v) is 3.54. The van der Waals surface area contributed by atoms with Crippen molar-refractivity contribution in [2.24, 2.45) is 0 Å². The van der Waals surface area contributed by atoms with Gasteiger partial charge >= 0.3 is 0 Å². The van der Waals surface area contributed by atoms with Gasteiger partial charge in [0.25, 0.3) is 0 Å². The Hall–Kier alpha value is -1.50. The van der Waals surface area contributed by atoms with Crippen LogP contribution in [0.1, 0.15) is 78.1 Å². The number of unbranched alkanes of at least 4 members (excludes halogenated alkanes) is 3. The molecule has 0 amide bonds. The second kappa shape index (κ2) is 19.5. The van der Waals surface area contributed by atoms with Crippen LogP contribution in [-0.4, -0.2) is 6.61 Å². The number of hydrogen-bond donors (Lipinski definition) is 0. The van der Waals surface area contributed by atoms with Crippen LogP contribution in [0.2, 0.25) is 0 Å². The van der Waals surface area contributed by atoms with E-state index >= 15 is 0 Å². The summed E-state index contributed by atoms with van der Waals surface area (Å²) in [5, 5.41) is 0. The Bertz CT molecular complexity index is 385. The Labute approximate surface area is 150 Å². The van der Waals surface area contributed by atoms with Crippen LogP contribution in [0.15, 0.2) is 60.9 Å². The Morgan fingerprint density at radius 2 is 1.29 bits per heavy atom. The fraction of sp³-hybridized carbons (Fsp3) is 0.565.